The summed E-state index contributed by atoms with van der Waals surface area (Å²) in [5.41, 5.74) is 1.94. The number of nitrogens with zero attached hydrogens (tertiary/aromatic N) is 1. The first-order valence-electron chi connectivity index (χ1n) is 6.01. The Morgan fingerprint density at radius 1 is 1.19 bits per heavy atom. The van der Waals surface area contributed by atoms with Crippen LogP contribution in [0.4, 0.5) is 10.1 Å². The molecular formula is C14H12FN3O3. The van der Waals surface area contributed by atoms with Gasteiger partial charge in [-0.05, 0) is 31.2 Å². The third-order valence-electron chi connectivity index (χ3n) is 2.45. The minimum absolute atomic E-state index is 0.0803. The first-order chi connectivity index (χ1) is 10.1. The van der Waals surface area contributed by atoms with Gasteiger partial charge in [-0.3, -0.25) is 9.59 Å². The van der Waals surface area contributed by atoms with E-state index in [9.17, 15) is 14.0 Å². The Bertz CT molecular complexity index is 694. The molecule has 0 fully saturated rings. The average Bonchev–Trinajstić information content (AvgIpc) is 2.87. The molecule has 0 aliphatic rings. The van der Waals surface area contributed by atoms with Crippen LogP contribution in [0.1, 0.15) is 11.5 Å². The van der Waals surface area contributed by atoms with Gasteiger partial charge in [-0.15, -0.1) is 0 Å². The van der Waals surface area contributed by atoms with Crippen molar-refractivity contribution in [3.63, 3.8) is 0 Å². The maximum absolute atomic E-state index is 13.3. The van der Waals surface area contributed by atoms with Crippen molar-refractivity contribution in [1.29, 1.82) is 0 Å². The molecule has 7 heteroatoms. The van der Waals surface area contributed by atoms with Gasteiger partial charge in [0, 0.05) is 0 Å². The Kier molecular flexibility index (Phi) is 4.45. The summed E-state index contributed by atoms with van der Waals surface area (Å²) in [5.74, 6) is -1.54. The van der Waals surface area contributed by atoms with Gasteiger partial charge in [-0.2, -0.15) is 5.10 Å². The van der Waals surface area contributed by atoms with Gasteiger partial charge in [0.1, 0.15) is 17.3 Å². The van der Waals surface area contributed by atoms with Crippen LogP contribution in [-0.4, -0.2) is 18.0 Å². The molecule has 1 aromatic carbocycles. The molecule has 2 amide bonds. The quantitative estimate of drug-likeness (QED) is 0.513. The summed E-state index contributed by atoms with van der Waals surface area (Å²) < 4.78 is 18.5. The highest BCUT2D eigenvalue weighted by atomic mass is 19.1. The van der Waals surface area contributed by atoms with Gasteiger partial charge in [0.05, 0.1) is 11.9 Å². The molecule has 6 nitrogen and oxygen atoms in total. The second-order valence-electron chi connectivity index (χ2n) is 4.08. The molecule has 2 aromatic rings. The van der Waals surface area contributed by atoms with Crippen LogP contribution in [0, 0.1) is 12.7 Å². The van der Waals surface area contributed by atoms with Gasteiger partial charge < -0.3 is 9.73 Å². The minimum Gasteiger partial charge on any atom is -0.460 e. The van der Waals surface area contributed by atoms with E-state index in [1.165, 1.54) is 30.5 Å². The fourth-order valence-electron chi connectivity index (χ4n) is 1.47. The number of amides is 2. The standard InChI is InChI=1S/C14H12FN3O3/c1-9-6-7-10(21-9)8-16-18-14(20)13(19)17-12-5-3-2-4-11(12)15/h2-8H,1H3,(H,17,19)(H,18,20). The summed E-state index contributed by atoms with van der Waals surface area (Å²) in [4.78, 5) is 23.0. The topological polar surface area (TPSA) is 83.7 Å². The van der Waals surface area contributed by atoms with E-state index in [1.54, 1.807) is 19.1 Å². The van der Waals surface area contributed by atoms with Crippen LogP contribution >= 0.6 is 0 Å². The molecule has 0 atom stereocenters. The number of para-hydroxylation sites is 1. The third kappa shape index (κ3) is 4.00. The molecule has 0 radical (unpaired) electrons. The molecule has 1 aromatic heterocycles. The van der Waals surface area contributed by atoms with Crippen LogP contribution in [0.25, 0.3) is 0 Å². The molecule has 2 N–H and O–H groups in total. The lowest BCUT2D eigenvalue weighted by molar-refractivity contribution is -0.136. The number of carbonyl (C=O) groups excluding carboxylic acids is 2. The maximum atomic E-state index is 13.3. The number of benzene rings is 1. The van der Waals surface area contributed by atoms with Crippen LogP contribution in [0.15, 0.2) is 45.9 Å². The number of nitrogens with one attached hydrogen (secondary N) is 2. The highest BCUT2D eigenvalue weighted by molar-refractivity contribution is 6.39. The molecule has 0 saturated heterocycles. The fraction of sp³-hybridized carbons (Fsp3) is 0.0714. The Morgan fingerprint density at radius 3 is 2.62 bits per heavy atom. The van der Waals surface area contributed by atoms with Crippen molar-refractivity contribution in [3.8, 4) is 0 Å². The van der Waals surface area contributed by atoms with Gasteiger partial charge >= 0.3 is 11.8 Å². The second-order valence-corrected chi connectivity index (χ2v) is 4.08. The molecule has 0 unspecified atom stereocenters. The largest absolute Gasteiger partial charge is 0.460 e. The zero-order valence-electron chi connectivity index (χ0n) is 11.1. The van der Waals surface area contributed by atoms with E-state index >= 15 is 0 Å². The Labute approximate surface area is 119 Å². The Balaban J connectivity index is 1.90. The molecule has 0 spiro atoms. The molecule has 0 aliphatic heterocycles. The van der Waals surface area contributed by atoms with E-state index in [1.807, 2.05) is 5.43 Å². The lowest BCUT2D eigenvalue weighted by atomic mass is 10.3. The van der Waals surface area contributed by atoms with Crippen molar-refractivity contribution in [3.05, 3.63) is 53.7 Å². The van der Waals surface area contributed by atoms with E-state index in [0.29, 0.717) is 11.5 Å². The number of rotatable bonds is 3. The van der Waals surface area contributed by atoms with Gasteiger partial charge in [-0.1, -0.05) is 12.1 Å². The Morgan fingerprint density at radius 2 is 1.95 bits per heavy atom. The van der Waals surface area contributed by atoms with Crippen molar-refractivity contribution >= 4 is 23.7 Å². The Hall–Kier alpha value is -2.96. The van der Waals surface area contributed by atoms with Crippen LogP contribution in [0.2, 0.25) is 0 Å². The molecule has 0 saturated carbocycles. The number of anilines is 1. The maximum Gasteiger partial charge on any atom is 0.329 e. The minimum atomic E-state index is -1.02. The predicted molar refractivity (Wildman–Crippen MR) is 74.2 cm³/mol. The molecule has 21 heavy (non-hydrogen) atoms. The van der Waals surface area contributed by atoms with E-state index in [0.717, 1.165) is 0 Å². The van der Waals surface area contributed by atoms with Crippen LogP contribution < -0.4 is 10.7 Å². The fourth-order valence-corrected chi connectivity index (χ4v) is 1.47. The highest BCUT2D eigenvalue weighted by Crippen LogP contribution is 2.11. The molecule has 2 rings (SSSR count). The summed E-state index contributed by atoms with van der Waals surface area (Å²) in [6.07, 6.45) is 1.25. The lowest BCUT2D eigenvalue weighted by Crippen LogP contribution is -2.32. The van der Waals surface area contributed by atoms with Gasteiger partial charge in [0.25, 0.3) is 0 Å². The molecule has 108 valence electrons. The molecule has 0 aliphatic carbocycles. The number of hydrogen-bond donors (Lipinski definition) is 2. The normalized spacial score (nSPS) is 10.6. The van der Waals surface area contributed by atoms with E-state index < -0.39 is 17.6 Å². The monoisotopic (exact) mass is 289 g/mol. The summed E-state index contributed by atoms with van der Waals surface area (Å²) in [5, 5.41) is 5.71. The molecule has 0 bridgehead atoms. The van der Waals surface area contributed by atoms with Crippen molar-refractivity contribution in [2.75, 3.05) is 5.32 Å². The number of carbonyl (C=O) groups is 2. The summed E-state index contributed by atoms with van der Waals surface area (Å²) in [6, 6.07) is 8.91. The van der Waals surface area contributed by atoms with Gasteiger partial charge in [-0.25, -0.2) is 9.82 Å². The van der Waals surface area contributed by atoms with Crippen molar-refractivity contribution in [2.24, 2.45) is 5.10 Å². The van der Waals surface area contributed by atoms with Crippen molar-refractivity contribution < 1.29 is 18.4 Å². The number of furan rings is 1. The third-order valence-corrected chi connectivity index (χ3v) is 2.45. The highest BCUT2D eigenvalue weighted by Gasteiger charge is 2.14. The number of halogens is 1. The smallest absolute Gasteiger partial charge is 0.329 e. The van der Waals surface area contributed by atoms with E-state index in [4.69, 9.17) is 4.42 Å². The molecular weight excluding hydrogens is 277 g/mol. The number of hydrogen-bond acceptors (Lipinski definition) is 4. The first-order valence-corrected chi connectivity index (χ1v) is 6.01. The first kappa shape index (κ1) is 14.4. The van der Waals surface area contributed by atoms with Gasteiger partial charge in [0.2, 0.25) is 0 Å². The van der Waals surface area contributed by atoms with Crippen LogP contribution in [0.3, 0.4) is 0 Å². The second kappa shape index (κ2) is 6.47. The predicted octanol–water partition coefficient (Wildman–Crippen LogP) is 1.82. The number of aryl methyl sites for hydroxylation is 1. The van der Waals surface area contributed by atoms with Gasteiger partial charge in [0.15, 0.2) is 0 Å². The van der Waals surface area contributed by atoms with E-state index in [-0.39, 0.29) is 5.69 Å². The average molecular weight is 289 g/mol. The SMILES string of the molecule is Cc1ccc(C=NNC(=O)C(=O)Nc2ccccc2F)o1. The summed E-state index contributed by atoms with van der Waals surface area (Å²) >= 11 is 0. The lowest BCUT2D eigenvalue weighted by Gasteiger charge is -2.04. The number of hydrazone groups is 1. The zero-order valence-corrected chi connectivity index (χ0v) is 11.1. The summed E-state index contributed by atoms with van der Waals surface area (Å²) in [6.45, 7) is 1.76. The zero-order chi connectivity index (χ0) is 15.2. The van der Waals surface area contributed by atoms with Crippen molar-refractivity contribution in [2.45, 2.75) is 6.92 Å². The van der Waals surface area contributed by atoms with Crippen LogP contribution in [-0.2, 0) is 9.59 Å². The summed E-state index contributed by atoms with van der Waals surface area (Å²) in [7, 11) is 0. The van der Waals surface area contributed by atoms with Crippen LogP contribution in [0.5, 0.6) is 0 Å². The molecule has 1 heterocycles. The van der Waals surface area contributed by atoms with E-state index in [2.05, 4.69) is 10.4 Å². The van der Waals surface area contributed by atoms with Crippen molar-refractivity contribution in [1.82, 2.24) is 5.43 Å².